The standard InChI is InChI=1S/C12H19BrN2O/c1-4-12(16,5-2)8-15-11-10(13)9(3)6-7-14-11/h6-7,16H,4-5,8H2,1-3H3,(H,14,15). The van der Waals surface area contributed by atoms with E-state index in [0.29, 0.717) is 6.54 Å². The van der Waals surface area contributed by atoms with Crippen molar-refractivity contribution in [1.29, 1.82) is 0 Å². The maximum atomic E-state index is 10.1. The third-order valence-electron chi connectivity index (χ3n) is 2.98. The van der Waals surface area contributed by atoms with Gasteiger partial charge in [0.15, 0.2) is 0 Å². The third kappa shape index (κ3) is 3.19. The van der Waals surface area contributed by atoms with Gasteiger partial charge in [0.2, 0.25) is 0 Å². The van der Waals surface area contributed by atoms with E-state index in [9.17, 15) is 5.11 Å². The number of anilines is 1. The van der Waals surface area contributed by atoms with Gasteiger partial charge in [0, 0.05) is 12.7 Å². The lowest BCUT2D eigenvalue weighted by Gasteiger charge is -2.26. The van der Waals surface area contributed by atoms with Crippen molar-refractivity contribution < 1.29 is 5.11 Å². The third-order valence-corrected chi connectivity index (χ3v) is 3.98. The molecule has 0 bridgehead atoms. The van der Waals surface area contributed by atoms with E-state index in [0.717, 1.165) is 28.7 Å². The molecule has 0 saturated heterocycles. The van der Waals surface area contributed by atoms with Crippen molar-refractivity contribution >= 4 is 21.7 Å². The number of nitrogens with zero attached hydrogens (tertiary/aromatic N) is 1. The van der Waals surface area contributed by atoms with Gasteiger partial charge in [-0.25, -0.2) is 4.98 Å². The van der Waals surface area contributed by atoms with Crippen LogP contribution in [-0.2, 0) is 0 Å². The van der Waals surface area contributed by atoms with Crippen LogP contribution < -0.4 is 5.32 Å². The summed E-state index contributed by atoms with van der Waals surface area (Å²) in [7, 11) is 0. The van der Waals surface area contributed by atoms with E-state index in [4.69, 9.17) is 0 Å². The van der Waals surface area contributed by atoms with Crippen LogP contribution in [0.5, 0.6) is 0 Å². The van der Waals surface area contributed by atoms with Crippen LogP contribution in [0.2, 0.25) is 0 Å². The van der Waals surface area contributed by atoms with Gasteiger partial charge in [0.25, 0.3) is 0 Å². The summed E-state index contributed by atoms with van der Waals surface area (Å²) in [6, 6.07) is 1.95. The van der Waals surface area contributed by atoms with Crippen molar-refractivity contribution in [2.45, 2.75) is 39.2 Å². The van der Waals surface area contributed by atoms with E-state index in [-0.39, 0.29) is 0 Å². The summed E-state index contributed by atoms with van der Waals surface area (Å²) in [5.74, 6) is 0.792. The lowest BCUT2D eigenvalue weighted by molar-refractivity contribution is 0.0456. The number of aryl methyl sites for hydroxylation is 1. The van der Waals surface area contributed by atoms with Crippen molar-refractivity contribution in [1.82, 2.24) is 4.98 Å². The molecule has 0 radical (unpaired) electrons. The van der Waals surface area contributed by atoms with Crippen molar-refractivity contribution in [3.63, 3.8) is 0 Å². The molecule has 0 aliphatic heterocycles. The second-order valence-corrected chi connectivity index (χ2v) is 4.87. The molecule has 0 unspecified atom stereocenters. The number of pyridine rings is 1. The fourth-order valence-electron chi connectivity index (χ4n) is 1.41. The highest BCUT2D eigenvalue weighted by molar-refractivity contribution is 9.10. The van der Waals surface area contributed by atoms with Crippen LogP contribution >= 0.6 is 15.9 Å². The molecule has 0 amide bonds. The Balaban J connectivity index is 2.71. The molecule has 0 aromatic carbocycles. The monoisotopic (exact) mass is 286 g/mol. The molecule has 1 aromatic heterocycles. The van der Waals surface area contributed by atoms with E-state index in [1.165, 1.54) is 0 Å². The molecular weight excluding hydrogens is 268 g/mol. The predicted octanol–water partition coefficient (Wildman–Crippen LogP) is 3.12. The average Bonchev–Trinajstić information content (AvgIpc) is 2.31. The normalized spacial score (nSPS) is 11.6. The number of hydrogen-bond acceptors (Lipinski definition) is 3. The average molecular weight is 287 g/mol. The maximum absolute atomic E-state index is 10.1. The number of halogens is 1. The first-order valence-corrected chi connectivity index (χ1v) is 6.39. The quantitative estimate of drug-likeness (QED) is 0.874. The minimum Gasteiger partial charge on any atom is -0.388 e. The highest BCUT2D eigenvalue weighted by atomic mass is 79.9. The van der Waals surface area contributed by atoms with Gasteiger partial charge in [-0.05, 0) is 47.3 Å². The Hall–Kier alpha value is -0.610. The summed E-state index contributed by atoms with van der Waals surface area (Å²) in [5.41, 5.74) is 0.485. The molecule has 1 aromatic rings. The van der Waals surface area contributed by atoms with Crippen molar-refractivity contribution in [3.8, 4) is 0 Å². The van der Waals surface area contributed by atoms with E-state index in [2.05, 4.69) is 26.2 Å². The van der Waals surface area contributed by atoms with Gasteiger partial charge in [-0.3, -0.25) is 0 Å². The fourth-order valence-corrected chi connectivity index (χ4v) is 1.79. The molecule has 4 heteroatoms. The molecule has 0 atom stereocenters. The first kappa shape index (κ1) is 13.5. The number of aromatic nitrogens is 1. The first-order chi connectivity index (χ1) is 7.52. The number of rotatable bonds is 5. The van der Waals surface area contributed by atoms with E-state index in [1.54, 1.807) is 6.20 Å². The molecule has 0 spiro atoms. The summed E-state index contributed by atoms with van der Waals surface area (Å²) < 4.78 is 0.963. The predicted molar refractivity (Wildman–Crippen MR) is 70.7 cm³/mol. The van der Waals surface area contributed by atoms with Gasteiger partial charge in [-0.1, -0.05) is 13.8 Å². The summed E-state index contributed by atoms with van der Waals surface area (Å²) >= 11 is 3.49. The molecule has 0 aliphatic carbocycles. The van der Waals surface area contributed by atoms with Crippen LogP contribution in [0.3, 0.4) is 0 Å². The van der Waals surface area contributed by atoms with Gasteiger partial charge in [0.05, 0.1) is 10.1 Å². The largest absolute Gasteiger partial charge is 0.388 e. The summed E-state index contributed by atoms with van der Waals surface area (Å²) in [6.07, 6.45) is 3.24. The Morgan fingerprint density at radius 3 is 2.62 bits per heavy atom. The van der Waals surface area contributed by atoms with Gasteiger partial charge >= 0.3 is 0 Å². The molecule has 0 saturated carbocycles. The molecule has 0 aliphatic rings. The smallest absolute Gasteiger partial charge is 0.140 e. The first-order valence-electron chi connectivity index (χ1n) is 5.59. The molecule has 1 rings (SSSR count). The van der Waals surface area contributed by atoms with Gasteiger partial charge in [-0.2, -0.15) is 0 Å². The molecule has 3 nitrogen and oxygen atoms in total. The Morgan fingerprint density at radius 2 is 2.06 bits per heavy atom. The summed E-state index contributed by atoms with van der Waals surface area (Å²) in [6.45, 7) is 6.52. The van der Waals surface area contributed by atoms with Gasteiger partial charge in [0.1, 0.15) is 5.82 Å². The van der Waals surface area contributed by atoms with Crippen LogP contribution in [0.4, 0.5) is 5.82 Å². The van der Waals surface area contributed by atoms with Crippen molar-refractivity contribution in [3.05, 3.63) is 22.3 Å². The fraction of sp³-hybridized carbons (Fsp3) is 0.583. The molecule has 1 heterocycles. The second kappa shape index (κ2) is 5.64. The zero-order valence-electron chi connectivity index (χ0n) is 10.0. The Bertz CT molecular complexity index is 351. The lowest BCUT2D eigenvalue weighted by Crippen LogP contribution is -2.35. The molecule has 2 N–H and O–H groups in total. The van der Waals surface area contributed by atoms with Crippen molar-refractivity contribution in [2.75, 3.05) is 11.9 Å². The molecule has 90 valence electrons. The SMILES string of the molecule is CCC(O)(CC)CNc1nccc(C)c1Br. The Labute approximate surface area is 105 Å². The van der Waals surface area contributed by atoms with Gasteiger partial charge in [-0.15, -0.1) is 0 Å². The highest BCUT2D eigenvalue weighted by Crippen LogP contribution is 2.24. The van der Waals surface area contributed by atoms with Crippen molar-refractivity contribution in [2.24, 2.45) is 0 Å². The van der Waals surface area contributed by atoms with Crippen LogP contribution in [0, 0.1) is 6.92 Å². The van der Waals surface area contributed by atoms with Crippen LogP contribution in [-0.4, -0.2) is 22.2 Å². The minimum absolute atomic E-state index is 0.523. The zero-order valence-corrected chi connectivity index (χ0v) is 11.6. The molecule has 0 fully saturated rings. The number of nitrogens with one attached hydrogen (secondary N) is 1. The summed E-state index contributed by atoms with van der Waals surface area (Å²) in [5, 5.41) is 13.3. The van der Waals surface area contributed by atoms with Crippen LogP contribution in [0.15, 0.2) is 16.7 Å². The van der Waals surface area contributed by atoms with Crippen LogP contribution in [0.1, 0.15) is 32.3 Å². The maximum Gasteiger partial charge on any atom is 0.140 e. The minimum atomic E-state index is -0.648. The zero-order chi connectivity index (χ0) is 12.2. The second-order valence-electron chi connectivity index (χ2n) is 4.08. The lowest BCUT2D eigenvalue weighted by atomic mass is 9.98. The van der Waals surface area contributed by atoms with Gasteiger partial charge < -0.3 is 10.4 Å². The van der Waals surface area contributed by atoms with E-state index < -0.39 is 5.60 Å². The van der Waals surface area contributed by atoms with E-state index in [1.807, 2.05) is 26.8 Å². The Kier molecular flexibility index (Phi) is 4.74. The number of aliphatic hydroxyl groups is 1. The highest BCUT2D eigenvalue weighted by Gasteiger charge is 2.22. The summed E-state index contributed by atoms with van der Waals surface area (Å²) in [4.78, 5) is 4.24. The Morgan fingerprint density at radius 1 is 1.44 bits per heavy atom. The van der Waals surface area contributed by atoms with E-state index >= 15 is 0 Å². The molecule has 16 heavy (non-hydrogen) atoms. The molecular formula is C12H19BrN2O. The van der Waals surface area contributed by atoms with Crippen LogP contribution in [0.25, 0.3) is 0 Å². The number of hydrogen-bond donors (Lipinski definition) is 2. The topological polar surface area (TPSA) is 45.1 Å².